The number of fused-ring (bicyclic) bond motifs is 2. The van der Waals surface area contributed by atoms with Crippen LogP contribution in [0.25, 0.3) is 0 Å². The maximum absolute atomic E-state index is 12.8. The summed E-state index contributed by atoms with van der Waals surface area (Å²) in [6.07, 6.45) is 4.81. The molecule has 0 aromatic heterocycles. The standard InChI is InChI=1S/C18H25N3O3/c1-12(22)19-14-9-15-6-4-7-16(10-14)21(15)18(23)20-13-5-3-8-17(11-13)24-2/h3,5,8,11,14-16H,4,6-7,9-10H2,1-2H3,(H,19,22)(H,20,23)/t14?,15-,16+. The number of benzene rings is 1. The first-order chi connectivity index (χ1) is 11.6. The van der Waals surface area contributed by atoms with E-state index in [2.05, 4.69) is 10.6 Å². The maximum atomic E-state index is 12.8. The molecule has 130 valence electrons. The van der Waals surface area contributed by atoms with Crippen molar-refractivity contribution in [2.75, 3.05) is 12.4 Å². The number of ether oxygens (including phenoxy) is 1. The van der Waals surface area contributed by atoms with E-state index in [-0.39, 0.29) is 30.1 Å². The van der Waals surface area contributed by atoms with Gasteiger partial charge in [-0.2, -0.15) is 0 Å². The third-order valence-electron chi connectivity index (χ3n) is 4.94. The molecular weight excluding hydrogens is 306 g/mol. The fraction of sp³-hybridized carbons (Fsp3) is 0.556. The van der Waals surface area contributed by atoms with Gasteiger partial charge in [0, 0.05) is 36.8 Å². The van der Waals surface area contributed by atoms with Gasteiger partial charge in [0.05, 0.1) is 7.11 Å². The number of methoxy groups -OCH3 is 1. The molecule has 1 unspecified atom stereocenters. The highest BCUT2D eigenvalue weighted by molar-refractivity contribution is 5.90. The smallest absolute Gasteiger partial charge is 0.322 e. The van der Waals surface area contributed by atoms with Crippen LogP contribution >= 0.6 is 0 Å². The molecule has 2 aliphatic heterocycles. The number of carbonyl (C=O) groups excluding carboxylic acids is 2. The Balaban J connectivity index is 1.69. The first-order valence-corrected chi connectivity index (χ1v) is 8.57. The van der Waals surface area contributed by atoms with Crippen molar-refractivity contribution in [3.05, 3.63) is 24.3 Å². The van der Waals surface area contributed by atoms with E-state index >= 15 is 0 Å². The van der Waals surface area contributed by atoms with Crippen LogP contribution in [0.15, 0.2) is 24.3 Å². The summed E-state index contributed by atoms with van der Waals surface area (Å²) >= 11 is 0. The number of nitrogens with zero attached hydrogens (tertiary/aromatic N) is 1. The van der Waals surface area contributed by atoms with E-state index in [0.29, 0.717) is 0 Å². The van der Waals surface area contributed by atoms with Gasteiger partial charge in [-0.25, -0.2) is 4.79 Å². The van der Waals surface area contributed by atoms with E-state index in [1.54, 1.807) is 14.0 Å². The number of hydrogen-bond acceptors (Lipinski definition) is 3. The molecule has 0 aliphatic carbocycles. The van der Waals surface area contributed by atoms with Crippen LogP contribution in [-0.4, -0.2) is 42.1 Å². The van der Waals surface area contributed by atoms with Crippen molar-refractivity contribution in [1.29, 1.82) is 0 Å². The predicted molar refractivity (Wildman–Crippen MR) is 92.1 cm³/mol. The molecule has 0 saturated carbocycles. The van der Waals surface area contributed by atoms with Crippen LogP contribution in [0.2, 0.25) is 0 Å². The van der Waals surface area contributed by atoms with E-state index in [0.717, 1.165) is 43.5 Å². The second-order valence-corrected chi connectivity index (χ2v) is 6.68. The van der Waals surface area contributed by atoms with Gasteiger partial charge in [-0.3, -0.25) is 4.79 Å². The minimum atomic E-state index is -0.0563. The molecule has 3 atom stereocenters. The number of hydrogen-bond donors (Lipinski definition) is 2. The van der Waals surface area contributed by atoms with Crippen LogP contribution in [0.4, 0.5) is 10.5 Å². The van der Waals surface area contributed by atoms with Crippen LogP contribution in [0.5, 0.6) is 5.75 Å². The van der Waals surface area contributed by atoms with Gasteiger partial charge in [-0.1, -0.05) is 6.07 Å². The molecule has 0 radical (unpaired) electrons. The molecular formula is C18H25N3O3. The molecule has 2 bridgehead atoms. The summed E-state index contributed by atoms with van der Waals surface area (Å²) in [5.74, 6) is 0.727. The van der Waals surface area contributed by atoms with Crippen LogP contribution < -0.4 is 15.4 Å². The molecule has 2 aliphatic rings. The molecule has 2 heterocycles. The number of piperidine rings is 2. The zero-order valence-electron chi connectivity index (χ0n) is 14.2. The van der Waals surface area contributed by atoms with Crippen LogP contribution in [-0.2, 0) is 4.79 Å². The van der Waals surface area contributed by atoms with Crippen LogP contribution in [0, 0.1) is 0 Å². The van der Waals surface area contributed by atoms with Gasteiger partial charge < -0.3 is 20.3 Å². The van der Waals surface area contributed by atoms with Gasteiger partial charge in [0.15, 0.2) is 0 Å². The highest BCUT2D eigenvalue weighted by atomic mass is 16.5. The van der Waals surface area contributed by atoms with Crippen molar-refractivity contribution in [3.8, 4) is 5.75 Å². The summed E-state index contributed by atoms with van der Waals surface area (Å²) in [7, 11) is 1.61. The molecule has 2 fully saturated rings. The third kappa shape index (κ3) is 3.63. The van der Waals surface area contributed by atoms with Gasteiger partial charge in [0.1, 0.15) is 5.75 Å². The van der Waals surface area contributed by atoms with Crippen molar-refractivity contribution in [2.45, 2.75) is 57.2 Å². The molecule has 3 amide bonds. The van der Waals surface area contributed by atoms with E-state index in [1.807, 2.05) is 29.2 Å². The Morgan fingerprint density at radius 3 is 2.54 bits per heavy atom. The van der Waals surface area contributed by atoms with Gasteiger partial charge in [0.2, 0.25) is 5.91 Å². The first kappa shape index (κ1) is 16.6. The average molecular weight is 331 g/mol. The summed E-state index contributed by atoms with van der Waals surface area (Å²) in [6.45, 7) is 1.55. The van der Waals surface area contributed by atoms with E-state index in [9.17, 15) is 9.59 Å². The summed E-state index contributed by atoms with van der Waals surface area (Å²) in [5, 5.41) is 6.01. The highest BCUT2D eigenvalue weighted by Gasteiger charge is 2.41. The summed E-state index contributed by atoms with van der Waals surface area (Å²) in [6, 6.07) is 7.90. The average Bonchev–Trinajstić information content (AvgIpc) is 2.53. The fourth-order valence-corrected chi connectivity index (χ4v) is 4.01. The molecule has 24 heavy (non-hydrogen) atoms. The second-order valence-electron chi connectivity index (χ2n) is 6.68. The third-order valence-corrected chi connectivity index (χ3v) is 4.94. The summed E-state index contributed by atoms with van der Waals surface area (Å²) < 4.78 is 5.20. The van der Waals surface area contributed by atoms with Gasteiger partial charge in [-0.05, 0) is 44.2 Å². The monoisotopic (exact) mass is 331 g/mol. The molecule has 3 rings (SSSR count). The fourth-order valence-electron chi connectivity index (χ4n) is 4.01. The molecule has 1 aromatic rings. The summed E-state index contributed by atoms with van der Waals surface area (Å²) in [4.78, 5) is 26.1. The SMILES string of the molecule is COc1cccc(NC(=O)N2[C@@H]3CCC[C@H]2CC(NC(C)=O)C3)c1. The Bertz CT molecular complexity index is 605. The highest BCUT2D eigenvalue weighted by Crippen LogP contribution is 2.34. The molecule has 2 saturated heterocycles. The van der Waals surface area contributed by atoms with Crippen molar-refractivity contribution in [2.24, 2.45) is 0 Å². The van der Waals surface area contributed by atoms with E-state index in [4.69, 9.17) is 4.74 Å². The molecule has 6 nitrogen and oxygen atoms in total. The van der Waals surface area contributed by atoms with Gasteiger partial charge in [-0.15, -0.1) is 0 Å². The lowest BCUT2D eigenvalue weighted by atomic mass is 9.82. The summed E-state index contributed by atoms with van der Waals surface area (Å²) in [5.41, 5.74) is 0.737. The first-order valence-electron chi connectivity index (χ1n) is 8.57. The van der Waals surface area contributed by atoms with Crippen molar-refractivity contribution in [1.82, 2.24) is 10.2 Å². The number of nitrogens with one attached hydrogen (secondary N) is 2. The van der Waals surface area contributed by atoms with Crippen LogP contribution in [0.3, 0.4) is 0 Å². The Morgan fingerprint density at radius 2 is 1.92 bits per heavy atom. The second kappa shape index (κ2) is 7.11. The number of carbonyl (C=O) groups is 2. The maximum Gasteiger partial charge on any atom is 0.322 e. The largest absolute Gasteiger partial charge is 0.497 e. The minimum Gasteiger partial charge on any atom is -0.497 e. The number of rotatable bonds is 3. The number of amides is 3. The Kier molecular flexibility index (Phi) is 4.92. The quantitative estimate of drug-likeness (QED) is 0.895. The minimum absolute atomic E-state index is 0.00681. The van der Waals surface area contributed by atoms with Crippen molar-refractivity contribution >= 4 is 17.6 Å². The lowest BCUT2D eigenvalue weighted by Crippen LogP contribution is -2.59. The van der Waals surface area contributed by atoms with E-state index < -0.39 is 0 Å². The van der Waals surface area contributed by atoms with Gasteiger partial charge >= 0.3 is 6.03 Å². The van der Waals surface area contributed by atoms with E-state index in [1.165, 1.54) is 0 Å². The number of anilines is 1. The topological polar surface area (TPSA) is 70.7 Å². The van der Waals surface area contributed by atoms with Crippen LogP contribution in [0.1, 0.15) is 39.0 Å². The lowest BCUT2D eigenvalue weighted by molar-refractivity contribution is -0.120. The lowest BCUT2D eigenvalue weighted by Gasteiger charge is -2.48. The van der Waals surface area contributed by atoms with Gasteiger partial charge in [0.25, 0.3) is 0 Å². The molecule has 1 aromatic carbocycles. The van der Waals surface area contributed by atoms with Crippen molar-refractivity contribution in [3.63, 3.8) is 0 Å². The zero-order valence-corrected chi connectivity index (χ0v) is 14.2. The molecule has 6 heteroatoms. The Hall–Kier alpha value is -2.24. The predicted octanol–water partition coefficient (Wildman–Crippen LogP) is 2.75. The number of urea groups is 1. The molecule has 0 spiro atoms. The normalized spacial score (nSPS) is 25.8. The Morgan fingerprint density at radius 1 is 1.21 bits per heavy atom. The zero-order chi connectivity index (χ0) is 17.1. The van der Waals surface area contributed by atoms with Crippen molar-refractivity contribution < 1.29 is 14.3 Å². The Labute approximate surface area is 142 Å². The molecule has 2 N–H and O–H groups in total.